The van der Waals surface area contributed by atoms with Gasteiger partial charge in [0.15, 0.2) is 0 Å². The lowest BCUT2D eigenvalue weighted by molar-refractivity contribution is 1.08. The summed E-state index contributed by atoms with van der Waals surface area (Å²) in [6.07, 6.45) is 3.66. The van der Waals surface area contributed by atoms with Gasteiger partial charge in [0, 0.05) is 17.0 Å². The molecule has 0 aliphatic rings. The van der Waals surface area contributed by atoms with Gasteiger partial charge in [0.2, 0.25) is 0 Å². The van der Waals surface area contributed by atoms with Crippen molar-refractivity contribution in [1.82, 2.24) is 9.55 Å². The average Bonchev–Trinajstić information content (AvgIpc) is 2.90. The summed E-state index contributed by atoms with van der Waals surface area (Å²) in [6, 6.07) is 21.0. The van der Waals surface area contributed by atoms with E-state index in [1.54, 1.807) is 0 Å². The molecule has 2 aromatic carbocycles. The molecule has 0 unspecified atom stereocenters. The molecular formula is C19H14N2. The number of hydrogen-bond donors (Lipinski definition) is 0. The van der Waals surface area contributed by atoms with Crippen molar-refractivity contribution in [2.75, 3.05) is 0 Å². The second kappa shape index (κ2) is 4.60. The maximum absolute atomic E-state index is 4.58. The van der Waals surface area contributed by atoms with Crippen LogP contribution < -0.4 is 0 Å². The lowest BCUT2D eigenvalue weighted by atomic mass is 10.2. The number of rotatable bonds is 2. The minimum absolute atomic E-state index is 0.929. The highest BCUT2D eigenvalue weighted by Crippen LogP contribution is 2.30. The smallest absolute Gasteiger partial charge is 0.137 e. The van der Waals surface area contributed by atoms with Gasteiger partial charge in [-0.15, -0.1) is 0 Å². The number of fused-ring (bicyclic) bond motifs is 3. The van der Waals surface area contributed by atoms with Crippen LogP contribution in [0.2, 0.25) is 0 Å². The fraction of sp³-hybridized carbons (Fsp3) is 0. The summed E-state index contributed by atoms with van der Waals surface area (Å²) in [4.78, 5) is 4.58. The molecule has 0 aliphatic carbocycles. The predicted octanol–water partition coefficient (Wildman–Crippen LogP) is 4.82. The molecule has 0 fully saturated rings. The van der Waals surface area contributed by atoms with Crippen molar-refractivity contribution in [2.45, 2.75) is 0 Å². The first-order valence-corrected chi connectivity index (χ1v) is 6.95. The Morgan fingerprint density at radius 1 is 0.810 bits per heavy atom. The summed E-state index contributed by atoms with van der Waals surface area (Å²) in [5, 5.41) is 2.50. The van der Waals surface area contributed by atoms with E-state index in [0.717, 1.165) is 11.4 Å². The largest absolute Gasteiger partial charge is 0.294 e. The zero-order chi connectivity index (χ0) is 14.2. The Morgan fingerprint density at radius 2 is 1.43 bits per heavy atom. The van der Waals surface area contributed by atoms with Crippen molar-refractivity contribution >= 4 is 27.9 Å². The van der Waals surface area contributed by atoms with Crippen LogP contribution in [-0.2, 0) is 0 Å². The molecule has 0 radical (unpaired) electrons. The van der Waals surface area contributed by atoms with Crippen LogP contribution in [0.3, 0.4) is 0 Å². The highest BCUT2D eigenvalue weighted by molar-refractivity contribution is 6.09. The fourth-order valence-corrected chi connectivity index (χ4v) is 2.82. The minimum Gasteiger partial charge on any atom is -0.294 e. The van der Waals surface area contributed by atoms with E-state index < -0.39 is 0 Å². The fourth-order valence-electron chi connectivity index (χ4n) is 2.82. The molecule has 4 aromatic rings. The van der Waals surface area contributed by atoms with E-state index >= 15 is 0 Å². The quantitative estimate of drug-likeness (QED) is 0.510. The Bertz CT molecular complexity index is 893. The van der Waals surface area contributed by atoms with Crippen molar-refractivity contribution in [2.24, 2.45) is 0 Å². The molecular weight excluding hydrogens is 256 g/mol. The Labute approximate surface area is 123 Å². The number of nitrogens with zero attached hydrogens (tertiary/aromatic N) is 2. The van der Waals surface area contributed by atoms with Gasteiger partial charge in [-0.2, -0.15) is 0 Å². The first kappa shape index (κ1) is 11.9. The maximum Gasteiger partial charge on any atom is 0.137 e. The molecule has 2 nitrogen and oxygen atoms in total. The molecule has 2 heteroatoms. The van der Waals surface area contributed by atoms with Crippen molar-refractivity contribution in [3.63, 3.8) is 0 Å². The van der Waals surface area contributed by atoms with Gasteiger partial charge in [0.25, 0.3) is 0 Å². The van der Waals surface area contributed by atoms with E-state index in [2.05, 4.69) is 64.7 Å². The topological polar surface area (TPSA) is 17.8 Å². The van der Waals surface area contributed by atoms with Crippen molar-refractivity contribution in [3.8, 4) is 5.82 Å². The first-order chi connectivity index (χ1) is 10.4. The second-order valence-electron chi connectivity index (χ2n) is 5.02. The summed E-state index contributed by atoms with van der Waals surface area (Å²) < 4.78 is 2.21. The van der Waals surface area contributed by atoms with Crippen LogP contribution in [0.5, 0.6) is 0 Å². The molecule has 0 atom stereocenters. The molecule has 2 aromatic heterocycles. The molecule has 0 spiro atoms. The molecule has 100 valence electrons. The summed E-state index contributed by atoms with van der Waals surface area (Å²) in [5.41, 5.74) is 3.38. The predicted molar refractivity (Wildman–Crippen MR) is 88.7 cm³/mol. The molecule has 4 rings (SSSR count). The number of aromatic nitrogens is 2. The van der Waals surface area contributed by atoms with Crippen molar-refractivity contribution in [3.05, 3.63) is 79.0 Å². The third kappa shape index (κ3) is 1.77. The van der Waals surface area contributed by atoms with Crippen LogP contribution in [0.15, 0.2) is 73.4 Å². The van der Waals surface area contributed by atoms with E-state index in [1.807, 2.05) is 24.4 Å². The standard InChI is InChI=1S/C19H14N2/c1-2-14-11-12-19(20-13-14)21-17-9-5-3-7-15(17)16-8-4-6-10-18(16)21/h2-13H,1H2. The SMILES string of the molecule is C=Cc1ccc(-n2c3ccccc3c3ccccc32)nc1. The summed E-state index contributed by atoms with van der Waals surface area (Å²) in [7, 11) is 0. The van der Waals surface area contributed by atoms with Gasteiger partial charge in [-0.25, -0.2) is 4.98 Å². The molecule has 2 heterocycles. The van der Waals surface area contributed by atoms with E-state index in [9.17, 15) is 0 Å². The van der Waals surface area contributed by atoms with Crippen LogP contribution in [0.4, 0.5) is 0 Å². The van der Waals surface area contributed by atoms with Crippen LogP contribution in [0.1, 0.15) is 5.56 Å². The van der Waals surface area contributed by atoms with Crippen LogP contribution in [0, 0.1) is 0 Å². The molecule has 0 bridgehead atoms. The van der Waals surface area contributed by atoms with Gasteiger partial charge in [-0.05, 0) is 29.8 Å². The Hall–Kier alpha value is -2.87. The zero-order valence-electron chi connectivity index (χ0n) is 11.5. The van der Waals surface area contributed by atoms with E-state index in [-0.39, 0.29) is 0 Å². The highest BCUT2D eigenvalue weighted by Gasteiger charge is 2.11. The van der Waals surface area contributed by atoms with Crippen molar-refractivity contribution < 1.29 is 0 Å². The minimum atomic E-state index is 0.929. The third-order valence-electron chi connectivity index (χ3n) is 3.82. The van der Waals surface area contributed by atoms with Gasteiger partial charge in [0.05, 0.1) is 11.0 Å². The second-order valence-corrected chi connectivity index (χ2v) is 5.02. The van der Waals surface area contributed by atoms with Gasteiger partial charge in [-0.3, -0.25) is 4.57 Å². The van der Waals surface area contributed by atoms with Crippen LogP contribution in [-0.4, -0.2) is 9.55 Å². The van der Waals surface area contributed by atoms with Gasteiger partial charge in [0.1, 0.15) is 5.82 Å². The highest BCUT2D eigenvalue weighted by atomic mass is 15.1. The maximum atomic E-state index is 4.58. The Morgan fingerprint density at radius 3 is 1.95 bits per heavy atom. The number of pyridine rings is 1. The number of benzene rings is 2. The third-order valence-corrected chi connectivity index (χ3v) is 3.82. The summed E-state index contributed by atoms with van der Waals surface area (Å²) >= 11 is 0. The molecule has 21 heavy (non-hydrogen) atoms. The summed E-state index contributed by atoms with van der Waals surface area (Å²) in [5.74, 6) is 0.929. The van der Waals surface area contributed by atoms with Crippen molar-refractivity contribution in [1.29, 1.82) is 0 Å². The molecule has 0 N–H and O–H groups in total. The van der Waals surface area contributed by atoms with Crippen LogP contribution in [0.25, 0.3) is 33.7 Å². The van der Waals surface area contributed by atoms with Crippen LogP contribution >= 0.6 is 0 Å². The van der Waals surface area contributed by atoms with Gasteiger partial charge >= 0.3 is 0 Å². The Kier molecular flexibility index (Phi) is 2.61. The zero-order valence-corrected chi connectivity index (χ0v) is 11.5. The number of para-hydroxylation sites is 2. The molecule has 0 amide bonds. The first-order valence-electron chi connectivity index (χ1n) is 6.95. The monoisotopic (exact) mass is 270 g/mol. The normalized spacial score (nSPS) is 11.0. The molecule has 0 saturated heterocycles. The molecule has 0 saturated carbocycles. The summed E-state index contributed by atoms with van der Waals surface area (Å²) in [6.45, 7) is 3.78. The van der Waals surface area contributed by atoms with E-state index in [0.29, 0.717) is 0 Å². The average molecular weight is 270 g/mol. The Balaban J connectivity index is 2.11. The van der Waals surface area contributed by atoms with E-state index in [1.165, 1.54) is 21.8 Å². The lowest BCUT2D eigenvalue weighted by Gasteiger charge is -2.06. The van der Waals surface area contributed by atoms with Gasteiger partial charge < -0.3 is 0 Å². The van der Waals surface area contributed by atoms with Gasteiger partial charge in [-0.1, -0.05) is 49.1 Å². The molecule has 0 aliphatic heterocycles. The lowest BCUT2D eigenvalue weighted by Crippen LogP contribution is -1.96. The number of hydrogen-bond acceptors (Lipinski definition) is 1. The van der Waals surface area contributed by atoms with E-state index in [4.69, 9.17) is 0 Å².